The van der Waals surface area contributed by atoms with Gasteiger partial charge in [0, 0.05) is 22.9 Å². The lowest BCUT2D eigenvalue weighted by Crippen LogP contribution is -2.21. The highest BCUT2D eigenvalue weighted by atomic mass is 32.2. The minimum Gasteiger partial charge on any atom is -0.326 e. The van der Waals surface area contributed by atoms with Crippen molar-refractivity contribution in [2.24, 2.45) is 5.73 Å². The van der Waals surface area contributed by atoms with E-state index in [4.69, 9.17) is 5.73 Å². The lowest BCUT2D eigenvalue weighted by atomic mass is 10.0. The van der Waals surface area contributed by atoms with Gasteiger partial charge in [0.05, 0.1) is 5.92 Å². The Morgan fingerprint density at radius 3 is 2.95 bits per heavy atom. The van der Waals surface area contributed by atoms with Crippen LogP contribution in [0.5, 0.6) is 0 Å². The smallest absolute Gasteiger partial charge is 0.232 e. The Hall–Kier alpha value is -1.78. The average molecular weight is 284 g/mol. The summed E-state index contributed by atoms with van der Waals surface area (Å²) in [6.45, 7) is 0.478. The molecule has 0 fully saturated rings. The fourth-order valence-electron chi connectivity index (χ4n) is 2.39. The second-order valence-electron chi connectivity index (χ2n) is 4.80. The van der Waals surface area contributed by atoms with Gasteiger partial charge in [-0.05, 0) is 29.3 Å². The summed E-state index contributed by atoms with van der Waals surface area (Å²) >= 11 is 1.74. The van der Waals surface area contributed by atoms with Gasteiger partial charge in [-0.15, -0.1) is 11.8 Å². The number of benzene rings is 2. The van der Waals surface area contributed by atoms with E-state index in [1.807, 2.05) is 42.5 Å². The van der Waals surface area contributed by atoms with Crippen LogP contribution >= 0.6 is 11.8 Å². The molecule has 3 rings (SSSR count). The second-order valence-corrected chi connectivity index (χ2v) is 5.86. The monoisotopic (exact) mass is 284 g/mol. The van der Waals surface area contributed by atoms with Gasteiger partial charge < -0.3 is 11.1 Å². The summed E-state index contributed by atoms with van der Waals surface area (Å²) in [6, 6.07) is 15.8. The Morgan fingerprint density at radius 2 is 2.10 bits per heavy atom. The topological polar surface area (TPSA) is 55.1 Å². The Labute approximate surface area is 122 Å². The Morgan fingerprint density at radius 1 is 1.25 bits per heavy atom. The second kappa shape index (κ2) is 5.69. The van der Waals surface area contributed by atoms with Crippen molar-refractivity contribution < 1.29 is 4.79 Å². The predicted molar refractivity (Wildman–Crippen MR) is 82.9 cm³/mol. The quantitative estimate of drug-likeness (QED) is 0.911. The predicted octanol–water partition coefficient (Wildman–Crippen LogP) is 2.97. The lowest BCUT2D eigenvalue weighted by molar-refractivity contribution is -0.117. The summed E-state index contributed by atoms with van der Waals surface area (Å²) in [5.74, 6) is 0.788. The molecule has 0 aliphatic carbocycles. The average Bonchev–Trinajstić information content (AvgIpc) is 2.91. The fraction of sp³-hybridized carbons (Fsp3) is 0.188. The normalized spacial score (nSPS) is 16.8. The molecule has 1 unspecified atom stereocenters. The molecule has 2 aromatic rings. The number of amides is 1. The zero-order valence-corrected chi connectivity index (χ0v) is 11.8. The Bertz CT molecular complexity index is 642. The van der Waals surface area contributed by atoms with Gasteiger partial charge in [-0.25, -0.2) is 0 Å². The largest absolute Gasteiger partial charge is 0.326 e. The van der Waals surface area contributed by atoms with Gasteiger partial charge in [0.2, 0.25) is 5.91 Å². The van der Waals surface area contributed by atoms with Crippen molar-refractivity contribution in [3.8, 4) is 0 Å². The van der Waals surface area contributed by atoms with Crippen LogP contribution in [-0.2, 0) is 11.3 Å². The molecular formula is C16H16N2OS. The van der Waals surface area contributed by atoms with Crippen LogP contribution in [0.3, 0.4) is 0 Å². The first-order chi connectivity index (χ1) is 9.78. The molecule has 0 aromatic heterocycles. The van der Waals surface area contributed by atoms with Crippen molar-refractivity contribution >= 4 is 23.4 Å². The molecular weight excluding hydrogens is 268 g/mol. The van der Waals surface area contributed by atoms with Gasteiger partial charge in [-0.3, -0.25) is 4.79 Å². The summed E-state index contributed by atoms with van der Waals surface area (Å²) in [5.41, 5.74) is 8.58. The molecule has 4 heteroatoms. The standard InChI is InChI=1S/C16H16N2OS/c17-9-11-4-3-5-12(8-11)18-16(19)14-10-20-15-7-2-1-6-13(14)15/h1-8,14H,9-10,17H2,(H,18,19). The van der Waals surface area contributed by atoms with Crippen LogP contribution in [0.2, 0.25) is 0 Å². The van der Waals surface area contributed by atoms with Crippen molar-refractivity contribution in [1.82, 2.24) is 0 Å². The molecule has 3 nitrogen and oxygen atoms in total. The van der Waals surface area contributed by atoms with Crippen LogP contribution < -0.4 is 11.1 Å². The first-order valence-electron chi connectivity index (χ1n) is 6.59. The Balaban J connectivity index is 1.77. The van der Waals surface area contributed by atoms with E-state index >= 15 is 0 Å². The number of carbonyl (C=O) groups is 1. The van der Waals surface area contributed by atoms with Crippen LogP contribution in [0.25, 0.3) is 0 Å². The number of fused-ring (bicyclic) bond motifs is 1. The lowest BCUT2D eigenvalue weighted by Gasteiger charge is -2.12. The number of hydrogen-bond acceptors (Lipinski definition) is 3. The zero-order chi connectivity index (χ0) is 13.9. The Kier molecular flexibility index (Phi) is 3.76. The zero-order valence-electron chi connectivity index (χ0n) is 11.0. The number of carbonyl (C=O) groups excluding carboxylic acids is 1. The van der Waals surface area contributed by atoms with Crippen LogP contribution in [0.1, 0.15) is 17.0 Å². The summed E-state index contributed by atoms with van der Waals surface area (Å²) in [5, 5.41) is 2.99. The molecule has 1 amide bonds. The highest BCUT2D eigenvalue weighted by molar-refractivity contribution is 7.99. The number of thioether (sulfide) groups is 1. The van der Waals surface area contributed by atoms with E-state index in [1.54, 1.807) is 11.8 Å². The number of anilines is 1. The fourth-order valence-corrected chi connectivity index (χ4v) is 3.61. The van der Waals surface area contributed by atoms with Crippen LogP contribution in [-0.4, -0.2) is 11.7 Å². The third-order valence-corrected chi connectivity index (χ3v) is 4.63. The van der Waals surface area contributed by atoms with E-state index in [-0.39, 0.29) is 11.8 Å². The molecule has 0 saturated carbocycles. The van der Waals surface area contributed by atoms with Gasteiger partial charge in [0.1, 0.15) is 0 Å². The van der Waals surface area contributed by atoms with Crippen molar-refractivity contribution in [2.45, 2.75) is 17.4 Å². The molecule has 3 N–H and O–H groups in total. The molecule has 0 bridgehead atoms. The summed E-state index contributed by atoms with van der Waals surface area (Å²) in [6.07, 6.45) is 0. The van der Waals surface area contributed by atoms with Crippen molar-refractivity contribution in [2.75, 3.05) is 11.1 Å². The third-order valence-electron chi connectivity index (χ3n) is 3.45. The molecule has 0 radical (unpaired) electrons. The maximum Gasteiger partial charge on any atom is 0.232 e. The first-order valence-corrected chi connectivity index (χ1v) is 7.58. The maximum atomic E-state index is 12.4. The van der Waals surface area contributed by atoms with Crippen molar-refractivity contribution in [1.29, 1.82) is 0 Å². The van der Waals surface area contributed by atoms with E-state index in [0.29, 0.717) is 6.54 Å². The third kappa shape index (κ3) is 2.57. The highest BCUT2D eigenvalue weighted by Crippen LogP contribution is 2.39. The molecule has 0 saturated heterocycles. The number of nitrogens with one attached hydrogen (secondary N) is 1. The first kappa shape index (κ1) is 13.2. The van der Waals surface area contributed by atoms with Gasteiger partial charge in [-0.1, -0.05) is 30.3 Å². The van der Waals surface area contributed by atoms with E-state index in [9.17, 15) is 4.79 Å². The van der Waals surface area contributed by atoms with Gasteiger partial charge in [-0.2, -0.15) is 0 Å². The molecule has 1 heterocycles. The van der Waals surface area contributed by atoms with E-state index in [0.717, 1.165) is 22.6 Å². The van der Waals surface area contributed by atoms with Crippen molar-refractivity contribution in [3.63, 3.8) is 0 Å². The molecule has 1 atom stereocenters. The molecule has 2 aromatic carbocycles. The van der Waals surface area contributed by atoms with E-state index in [1.165, 1.54) is 4.90 Å². The van der Waals surface area contributed by atoms with Crippen molar-refractivity contribution in [3.05, 3.63) is 59.7 Å². The number of rotatable bonds is 3. The minimum atomic E-state index is -0.0715. The van der Waals surface area contributed by atoms with E-state index in [2.05, 4.69) is 11.4 Å². The van der Waals surface area contributed by atoms with E-state index < -0.39 is 0 Å². The van der Waals surface area contributed by atoms with Gasteiger partial charge >= 0.3 is 0 Å². The minimum absolute atomic E-state index is 0.0524. The maximum absolute atomic E-state index is 12.4. The molecule has 0 spiro atoms. The molecule has 1 aliphatic rings. The molecule has 20 heavy (non-hydrogen) atoms. The van der Waals surface area contributed by atoms with Crippen LogP contribution in [0.15, 0.2) is 53.4 Å². The number of hydrogen-bond donors (Lipinski definition) is 2. The molecule has 102 valence electrons. The summed E-state index contributed by atoms with van der Waals surface area (Å²) in [4.78, 5) is 13.6. The van der Waals surface area contributed by atoms with Gasteiger partial charge in [0.25, 0.3) is 0 Å². The molecule has 1 aliphatic heterocycles. The van der Waals surface area contributed by atoms with Crippen LogP contribution in [0.4, 0.5) is 5.69 Å². The highest BCUT2D eigenvalue weighted by Gasteiger charge is 2.28. The van der Waals surface area contributed by atoms with Crippen LogP contribution in [0, 0.1) is 0 Å². The van der Waals surface area contributed by atoms with Gasteiger partial charge in [0.15, 0.2) is 0 Å². The summed E-state index contributed by atoms with van der Waals surface area (Å²) in [7, 11) is 0. The SMILES string of the molecule is NCc1cccc(NC(=O)C2CSc3ccccc32)c1. The number of nitrogens with two attached hydrogens (primary N) is 1. The summed E-state index contributed by atoms with van der Waals surface area (Å²) < 4.78 is 0.